The zero-order valence-electron chi connectivity index (χ0n) is 49.5. The third kappa shape index (κ3) is 16.7. The van der Waals surface area contributed by atoms with E-state index in [0.717, 1.165) is 60.8 Å². The van der Waals surface area contributed by atoms with Crippen molar-refractivity contribution in [1.82, 2.24) is 0 Å². The molecule has 90 heavy (non-hydrogen) atoms. The Balaban J connectivity index is 0.000000219. The van der Waals surface area contributed by atoms with Gasteiger partial charge >= 0.3 is 17.5 Å². The molecule has 0 amide bonds. The largest absolute Gasteiger partial charge is 0.504 e. The topological polar surface area (TPSA) is 419 Å². The van der Waals surface area contributed by atoms with E-state index in [-0.39, 0.29) is 29.4 Å². The number of hydrogen-bond acceptors (Lipinski definition) is 16. The maximum absolute atomic E-state index is 12.8. The molecule has 24 nitrogen and oxygen atoms in total. The van der Waals surface area contributed by atoms with Crippen molar-refractivity contribution in [3.05, 3.63) is 201 Å². The molecule has 0 heterocycles. The summed E-state index contributed by atoms with van der Waals surface area (Å²) in [7, 11) is -35.0. The zero-order valence-corrected chi connectivity index (χ0v) is 56.0. The van der Waals surface area contributed by atoms with Gasteiger partial charge in [0.25, 0.3) is 78.7 Å². The molecule has 0 radical (unpaired) electrons. The Bertz CT molecular complexity index is 4560. The second-order valence-electron chi connectivity index (χ2n) is 20.9. The van der Waals surface area contributed by atoms with E-state index in [0.29, 0.717) is 36.8 Å². The van der Waals surface area contributed by atoms with Crippen LogP contribution in [0.1, 0.15) is 97.6 Å². The van der Waals surface area contributed by atoms with Crippen LogP contribution in [0.15, 0.2) is 175 Å². The number of rotatable bonds is 8. The van der Waals surface area contributed by atoms with Gasteiger partial charge in [-0.25, -0.2) is 67.3 Å². The van der Waals surface area contributed by atoms with Crippen molar-refractivity contribution < 1.29 is 86.5 Å². The first-order chi connectivity index (χ1) is 42.0. The second-order valence-corrected chi connectivity index (χ2v) is 37.3. The van der Waals surface area contributed by atoms with Crippen LogP contribution in [0.3, 0.4) is 0 Å². The third-order valence-electron chi connectivity index (χ3n) is 14.2. The Hall–Kier alpha value is -7.56. The summed E-state index contributed by atoms with van der Waals surface area (Å²) in [6.45, 7) is 10.2. The van der Waals surface area contributed by atoms with Crippen LogP contribution in [0.2, 0.25) is 0 Å². The van der Waals surface area contributed by atoms with E-state index in [2.05, 4.69) is 19.2 Å². The molecular weight excluding hydrogens is 1320 g/mol. The minimum atomic E-state index is -4.52. The quantitative estimate of drug-likeness (QED) is 0.0596. The van der Waals surface area contributed by atoms with Gasteiger partial charge in [0.1, 0.15) is 0 Å². The van der Waals surface area contributed by atoms with Crippen LogP contribution in [0.5, 0.6) is 0 Å². The Morgan fingerprint density at radius 2 is 0.544 bits per heavy atom. The molecule has 6 aromatic carbocycles. The van der Waals surface area contributed by atoms with Gasteiger partial charge in [0.15, 0.2) is 0 Å². The van der Waals surface area contributed by atoms with Crippen LogP contribution in [-0.4, -0.2) is 115 Å². The molecule has 2 aliphatic carbocycles. The molecule has 32 heteroatoms. The minimum Gasteiger partial charge on any atom is -0.359 e. The average molecular weight is 1390 g/mol. The Kier molecular flexibility index (Phi) is 24.4. The van der Waals surface area contributed by atoms with Gasteiger partial charge in [0, 0.05) is 0 Å². The van der Waals surface area contributed by atoms with Crippen LogP contribution in [0.25, 0.3) is 22.1 Å². The summed E-state index contributed by atoms with van der Waals surface area (Å²) in [6.07, 6.45) is 6.79. The lowest BCUT2D eigenvalue weighted by molar-refractivity contribution is 0.00333. The van der Waals surface area contributed by atoms with Crippen molar-refractivity contribution in [2.45, 2.75) is 146 Å². The van der Waals surface area contributed by atoms with Crippen molar-refractivity contribution in [3.8, 4) is 0 Å². The fourth-order valence-electron chi connectivity index (χ4n) is 9.49. The molecule has 0 spiro atoms. The van der Waals surface area contributed by atoms with Crippen LogP contribution < -0.4 is 0 Å². The fraction of sp³-hybridized carbons (Fsp3) is 0.310. The number of benzene rings is 6. The summed E-state index contributed by atoms with van der Waals surface area (Å²) in [5, 5.41) is -1.45. The summed E-state index contributed by atoms with van der Waals surface area (Å²) >= 11 is 0. The molecule has 0 aliphatic heterocycles. The highest BCUT2D eigenvalue weighted by molar-refractivity contribution is 8.32. The molecule has 0 saturated heterocycles. The molecule has 6 aromatic rings. The monoisotopic (exact) mass is 1380 g/mol. The summed E-state index contributed by atoms with van der Waals surface area (Å²) < 4.78 is 196. The number of aryl methyl sites for hydroxylation is 6. The molecule has 0 aromatic heterocycles. The van der Waals surface area contributed by atoms with E-state index in [1.54, 1.807) is 77.9 Å². The molecule has 0 N–H and O–H groups in total. The van der Waals surface area contributed by atoms with Crippen LogP contribution in [0, 0.1) is 41.5 Å². The van der Waals surface area contributed by atoms with Crippen molar-refractivity contribution >= 4 is 96.2 Å². The van der Waals surface area contributed by atoms with E-state index in [1.165, 1.54) is 109 Å². The highest BCUT2D eigenvalue weighted by Gasteiger charge is 2.51. The molecule has 8 rings (SSSR count). The fourth-order valence-corrected chi connectivity index (χ4v) is 24.8. The van der Waals surface area contributed by atoms with Gasteiger partial charge in [-0.15, -0.1) is 19.2 Å². The van der Waals surface area contributed by atoms with Crippen molar-refractivity contribution in [2.75, 3.05) is 0 Å². The summed E-state index contributed by atoms with van der Waals surface area (Å²) in [4.78, 5) is 9.00. The molecule has 0 bridgehead atoms. The predicted octanol–water partition coefficient (Wildman–Crippen LogP) is 8.48. The Morgan fingerprint density at radius 1 is 0.300 bits per heavy atom. The summed E-state index contributed by atoms with van der Waals surface area (Å²) in [5.41, 5.74) is 40.4. The lowest BCUT2D eigenvalue weighted by Crippen LogP contribution is -2.40. The van der Waals surface area contributed by atoms with E-state index in [1.807, 2.05) is 0 Å². The number of sulfone groups is 8. The lowest BCUT2D eigenvalue weighted by Gasteiger charge is -2.22. The molecule has 2 aliphatic rings. The number of nitrogens with zero attached hydrogens (tertiary/aromatic N) is 8. The minimum absolute atomic E-state index is 0.209. The molecule has 2 fully saturated rings. The first-order valence-corrected chi connectivity index (χ1v) is 39.3. The predicted molar refractivity (Wildman–Crippen MR) is 336 cm³/mol. The van der Waals surface area contributed by atoms with Crippen LogP contribution in [-0.2, 0) is 78.7 Å². The highest BCUT2D eigenvalue weighted by Crippen LogP contribution is 2.31. The van der Waals surface area contributed by atoms with Gasteiger partial charge in [0.2, 0.25) is 0 Å². The van der Waals surface area contributed by atoms with Gasteiger partial charge in [0.05, 0.1) is 39.9 Å². The maximum atomic E-state index is 12.8. The molecule has 0 atom stereocenters. The Morgan fingerprint density at radius 3 is 0.800 bits per heavy atom. The second kappa shape index (κ2) is 30.0. The maximum Gasteiger partial charge on any atom is 0.504 e. The van der Waals surface area contributed by atoms with Crippen molar-refractivity contribution in [1.29, 1.82) is 0 Å². The summed E-state index contributed by atoms with van der Waals surface area (Å²) in [6, 6.07) is 34.0. The standard InChI is InChI=1S/C17H18N2O4S2.C15H14N2O4S2.C13H22N2O4S2.C13H10N2O4S2/c1-11-5-7-15(13(3)9-11)24(20,21)17(19-18)25(22,23)16-8-6-12(2)10-14(16)4;1-11-3-7-13(8-4-11)22(18,19)15(17-16)23(20,21)14-9-5-12(2)6-10-14;2*14-15-13(20(16,17)11-7-3-1-4-8-11)21(18,19)12-9-5-2-6-10-12/h5-10H,1-4H3;3-10H,1-2H3;11-12H,1-10H2;1-10H. The van der Waals surface area contributed by atoms with Crippen LogP contribution in [0.4, 0.5) is 0 Å². The molecule has 0 unspecified atom stereocenters. The van der Waals surface area contributed by atoms with E-state index < -0.39 is 107 Å². The first kappa shape index (κ1) is 73.2. The van der Waals surface area contributed by atoms with E-state index >= 15 is 0 Å². The van der Waals surface area contributed by atoms with Crippen molar-refractivity contribution in [3.63, 3.8) is 0 Å². The van der Waals surface area contributed by atoms with Crippen LogP contribution >= 0.6 is 0 Å². The zero-order chi connectivity index (χ0) is 67.3. The van der Waals surface area contributed by atoms with Crippen molar-refractivity contribution in [2.24, 2.45) is 0 Å². The molecule has 2 saturated carbocycles. The van der Waals surface area contributed by atoms with Gasteiger partial charge in [-0.05, 0) is 139 Å². The Labute approximate surface area is 525 Å². The number of hydrogen-bond donors (Lipinski definition) is 0. The lowest BCUT2D eigenvalue weighted by atomic mass is 10.0. The highest BCUT2D eigenvalue weighted by atomic mass is 32.3. The summed E-state index contributed by atoms with van der Waals surface area (Å²) in [5.74, 6) is 0. The van der Waals surface area contributed by atoms with Gasteiger partial charge < -0.3 is 22.1 Å². The molecular formula is C58H64N8O16S8. The van der Waals surface area contributed by atoms with Gasteiger partial charge in [-0.2, -0.15) is 0 Å². The SMILES string of the molecule is Cc1ccc(S(=O)(=O)C(=[N+]=[N-])S(=O)(=O)c2ccc(C)cc2)cc1.Cc1ccc(S(=O)(=O)C(=[N+]=[N-])S(=O)(=O)c2ccc(C)cc2C)c(C)c1.[N-]=[N+]=C(S(=O)(=O)C1CCCCC1)S(=O)(=O)C1CCCCC1.[N-]=[N+]=C(S(=O)(=O)c1ccccc1)S(=O)(=O)c1ccccc1. The first-order valence-electron chi connectivity index (χ1n) is 27.3. The van der Waals surface area contributed by atoms with Gasteiger partial charge in [-0.3, -0.25) is 0 Å². The smallest absolute Gasteiger partial charge is 0.359 e. The molecule has 480 valence electrons. The van der Waals surface area contributed by atoms with E-state index in [9.17, 15) is 72.9 Å². The normalized spacial score (nSPS) is 14.3. The van der Waals surface area contributed by atoms with Gasteiger partial charge in [-0.1, -0.05) is 146 Å². The van der Waals surface area contributed by atoms with E-state index in [4.69, 9.17) is 16.6 Å². The average Bonchev–Trinajstić information content (AvgIpc) is 0.822. The third-order valence-corrected chi connectivity index (χ3v) is 32.3.